The first-order valence-corrected chi connectivity index (χ1v) is 9.56. The van der Waals surface area contributed by atoms with E-state index in [1.807, 2.05) is 6.92 Å². The second kappa shape index (κ2) is 7.72. The first kappa shape index (κ1) is 20.6. The van der Waals surface area contributed by atoms with E-state index in [4.69, 9.17) is 21.1 Å². The summed E-state index contributed by atoms with van der Waals surface area (Å²) in [4.78, 5) is 9.83. The van der Waals surface area contributed by atoms with E-state index in [0.717, 1.165) is 11.6 Å². The smallest absolute Gasteiger partial charge is 0.443 e. The molecule has 0 aliphatic carbocycles. The first-order chi connectivity index (χ1) is 13.2. The van der Waals surface area contributed by atoms with Crippen LogP contribution in [0.5, 0.6) is 5.75 Å². The maximum absolute atomic E-state index is 14.4. The summed E-state index contributed by atoms with van der Waals surface area (Å²) in [7, 11) is 0. The summed E-state index contributed by atoms with van der Waals surface area (Å²) in [6, 6.07) is 10.7. The Morgan fingerprint density at radius 3 is 2.50 bits per heavy atom. The second-order valence-electron chi connectivity index (χ2n) is 6.09. The predicted octanol–water partition coefficient (Wildman–Crippen LogP) is 6.04. The number of carbonyl (C=O) groups is 1. The van der Waals surface area contributed by atoms with Gasteiger partial charge >= 0.3 is 12.1 Å². The lowest BCUT2D eigenvalue weighted by Crippen LogP contribution is -2.52. The molecule has 0 saturated carbocycles. The first-order valence-electron chi connectivity index (χ1n) is 8.36. The predicted molar refractivity (Wildman–Crippen MR) is 103 cm³/mol. The lowest BCUT2D eigenvalue weighted by atomic mass is 10.0. The third kappa shape index (κ3) is 3.86. The van der Waals surface area contributed by atoms with Crippen molar-refractivity contribution >= 4 is 35.4 Å². The number of halogens is 4. The summed E-state index contributed by atoms with van der Waals surface area (Å²) < 4.78 is 53.5. The summed E-state index contributed by atoms with van der Waals surface area (Å²) >= 11 is 6.35. The number of ether oxygens (including phenoxy) is 2. The van der Waals surface area contributed by atoms with E-state index in [1.54, 1.807) is 24.3 Å². The Morgan fingerprint density at radius 2 is 1.89 bits per heavy atom. The molecule has 2 aromatic carbocycles. The molecule has 1 atom stereocenters. The van der Waals surface area contributed by atoms with Crippen LogP contribution in [0.25, 0.3) is 6.08 Å². The zero-order chi connectivity index (χ0) is 20.5. The molecular formula is C20H16ClF3O3S. The summed E-state index contributed by atoms with van der Waals surface area (Å²) in [6.07, 6.45) is -3.77. The fraction of sp³-hybridized carbons (Fsp3) is 0.250. The lowest BCUT2D eigenvalue weighted by molar-refractivity contribution is -0.201. The monoisotopic (exact) mass is 428 g/mol. The average molecular weight is 429 g/mol. The third-order valence-electron chi connectivity index (χ3n) is 4.03. The van der Waals surface area contributed by atoms with E-state index in [9.17, 15) is 18.0 Å². The van der Waals surface area contributed by atoms with Crippen molar-refractivity contribution in [2.24, 2.45) is 0 Å². The number of hydrogen-bond donors (Lipinski definition) is 0. The molecule has 0 saturated heterocycles. The number of alkyl halides is 3. The number of carbonyl (C=O) groups excluding carboxylic acids is 1. The van der Waals surface area contributed by atoms with E-state index in [-0.39, 0.29) is 17.9 Å². The van der Waals surface area contributed by atoms with Gasteiger partial charge in [-0.25, -0.2) is 4.79 Å². The van der Waals surface area contributed by atoms with Gasteiger partial charge < -0.3 is 9.47 Å². The Kier molecular flexibility index (Phi) is 5.68. The Balaban J connectivity index is 2.19. The van der Waals surface area contributed by atoms with E-state index < -0.39 is 22.7 Å². The molecule has 3 rings (SSSR count). The van der Waals surface area contributed by atoms with Gasteiger partial charge in [0, 0.05) is 15.5 Å². The average Bonchev–Trinajstić information content (AvgIpc) is 2.62. The molecule has 0 bridgehead atoms. The third-order valence-corrected chi connectivity index (χ3v) is 5.60. The molecule has 1 heterocycles. The van der Waals surface area contributed by atoms with Crippen molar-refractivity contribution in [3.8, 4) is 5.75 Å². The van der Waals surface area contributed by atoms with Crippen LogP contribution in [0.1, 0.15) is 18.1 Å². The number of fused-ring (bicyclic) bond motifs is 1. The number of aryl methyl sites for hydroxylation is 1. The standard InChI is InChI=1S/C20H16ClF3O3S/c1-3-26-18(25)16-11-13-10-14(21)6-9-17(13)27-19(16,20(22,23)24)28-15-7-4-12(2)5-8-15/h4-11H,3H2,1-2H3. The fourth-order valence-corrected chi connectivity index (χ4v) is 3.99. The van der Waals surface area contributed by atoms with Crippen LogP contribution in [0.2, 0.25) is 5.02 Å². The molecule has 0 amide bonds. The van der Waals surface area contributed by atoms with Crippen molar-refractivity contribution in [2.45, 2.75) is 29.9 Å². The minimum atomic E-state index is -4.90. The fourth-order valence-electron chi connectivity index (χ4n) is 2.70. The quantitative estimate of drug-likeness (QED) is 0.556. The van der Waals surface area contributed by atoms with Gasteiger partial charge in [0.2, 0.25) is 0 Å². The number of hydrogen-bond acceptors (Lipinski definition) is 4. The normalized spacial score (nSPS) is 18.7. The Hall–Kier alpha value is -2.12. The Morgan fingerprint density at radius 1 is 1.21 bits per heavy atom. The summed E-state index contributed by atoms with van der Waals surface area (Å²) in [6.45, 7) is 3.28. The van der Waals surface area contributed by atoms with Gasteiger partial charge in [0.25, 0.3) is 4.93 Å². The van der Waals surface area contributed by atoms with Gasteiger partial charge in [-0.1, -0.05) is 41.1 Å². The maximum atomic E-state index is 14.4. The molecule has 8 heteroatoms. The molecule has 0 spiro atoms. The van der Waals surface area contributed by atoms with Crippen LogP contribution in [-0.2, 0) is 9.53 Å². The van der Waals surface area contributed by atoms with Crippen molar-refractivity contribution in [1.29, 1.82) is 0 Å². The van der Waals surface area contributed by atoms with E-state index in [0.29, 0.717) is 21.7 Å². The summed E-state index contributed by atoms with van der Waals surface area (Å²) in [5.41, 5.74) is 0.540. The molecule has 1 aliphatic heterocycles. The van der Waals surface area contributed by atoms with Crippen LogP contribution in [0, 0.1) is 6.92 Å². The second-order valence-corrected chi connectivity index (χ2v) is 7.78. The number of rotatable bonds is 4. The SMILES string of the molecule is CCOC(=O)C1=Cc2cc(Cl)ccc2OC1(Sc1ccc(C)cc1)C(F)(F)F. The minimum absolute atomic E-state index is 0.0191. The molecule has 28 heavy (non-hydrogen) atoms. The van der Waals surface area contributed by atoms with E-state index >= 15 is 0 Å². The van der Waals surface area contributed by atoms with Crippen molar-refractivity contribution in [1.82, 2.24) is 0 Å². The molecule has 0 N–H and O–H groups in total. The number of benzene rings is 2. The van der Waals surface area contributed by atoms with E-state index in [2.05, 4.69) is 0 Å². The van der Waals surface area contributed by atoms with Crippen molar-refractivity contribution in [3.63, 3.8) is 0 Å². The van der Waals surface area contributed by atoms with Crippen molar-refractivity contribution in [3.05, 3.63) is 64.2 Å². The largest absolute Gasteiger partial charge is 0.462 e. The Bertz CT molecular complexity index is 925. The van der Waals surface area contributed by atoms with Crippen LogP contribution in [0.15, 0.2) is 52.9 Å². The van der Waals surface area contributed by atoms with Crippen LogP contribution >= 0.6 is 23.4 Å². The van der Waals surface area contributed by atoms with Crippen molar-refractivity contribution < 1.29 is 27.4 Å². The van der Waals surface area contributed by atoms with Crippen molar-refractivity contribution in [2.75, 3.05) is 6.61 Å². The minimum Gasteiger partial charge on any atom is -0.462 e. The maximum Gasteiger partial charge on any atom is 0.443 e. The Labute approximate surface area is 169 Å². The zero-order valence-electron chi connectivity index (χ0n) is 15.0. The van der Waals surface area contributed by atoms with Gasteiger partial charge in [0.1, 0.15) is 11.3 Å². The number of thioether (sulfide) groups is 1. The van der Waals surface area contributed by atoms with Gasteiger partial charge in [-0.05, 0) is 50.3 Å². The van der Waals surface area contributed by atoms with E-state index in [1.165, 1.54) is 25.1 Å². The van der Waals surface area contributed by atoms with Gasteiger partial charge in [-0.2, -0.15) is 13.2 Å². The molecule has 148 valence electrons. The summed E-state index contributed by atoms with van der Waals surface area (Å²) in [5, 5.41) is 0.313. The van der Waals surface area contributed by atoms with Crippen LogP contribution in [-0.4, -0.2) is 23.7 Å². The highest BCUT2D eigenvalue weighted by atomic mass is 35.5. The van der Waals surface area contributed by atoms with Crippen LogP contribution in [0.4, 0.5) is 13.2 Å². The van der Waals surface area contributed by atoms with Crippen LogP contribution in [0.3, 0.4) is 0 Å². The van der Waals surface area contributed by atoms with Gasteiger partial charge in [0.05, 0.1) is 6.61 Å². The lowest BCUT2D eigenvalue weighted by Gasteiger charge is -2.39. The molecule has 0 fully saturated rings. The molecular weight excluding hydrogens is 413 g/mol. The van der Waals surface area contributed by atoms with Gasteiger partial charge in [0.15, 0.2) is 0 Å². The molecule has 0 aromatic heterocycles. The number of esters is 1. The molecule has 3 nitrogen and oxygen atoms in total. The molecule has 2 aromatic rings. The highest BCUT2D eigenvalue weighted by Crippen LogP contribution is 2.54. The van der Waals surface area contributed by atoms with Gasteiger partial charge in [-0.3, -0.25) is 0 Å². The summed E-state index contributed by atoms with van der Waals surface area (Å²) in [5.74, 6) is -1.11. The molecule has 0 radical (unpaired) electrons. The topological polar surface area (TPSA) is 35.5 Å². The molecule has 1 aliphatic rings. The van der Waals surface area contributed by atoms with Crippen LogP contribution < -0.4 is 4.74 Å². The zero-order valence-corrected chi connectivity index (χ0v) is 16.5. The van der Waals surface area contributed by atoms with Gasteiger partial charge in [-0.15, -0.1) is 0 Å². The highest BCUT2D eigenvalue weighted by Gasteiger charge is 2.64. The molecule has 1 unspecified atom stereocenters. The highest BCUT2D eigenvalue weighted by molar-refractivity contribution is 8.00.